The Morgan fingerprint density at radius 1 is 1.33 bits per heavy atom. The fraction of sp³-hybridized carbons (Fsp3) is 0.438. The highest BCUT2D eigenvalue weighted by molar-refractivity contribution is 5.79. The van der Waals surface area contributed by atoms with Crippen molar-refractivity contribution in [3.8, 4) is 0 Å². The maximum Gasteiger partial charge on any atom is 0.135 e. The maximum absolute atomic E-state index is 11.6. The molecule has 0 aromatic heterocycles. The average Bonchev–Trinajstić information content (AvgIpc) is 2.40. The number of benzene rings is 1. The highest BCUT2D eigenvalue weighted by Crippen LogP contribution is 2.28. The van der Waals surface area contributed by atoms with E-state index in [0.717, 1.165) is 12.8 Å². The molecular formula is C16H20O2. The number of Topliss-reactive ketones (excluding diaryl/α,β-unsaturated/α-hetero) is 1. The molecule has 0 unspecified atom stereocenters. The maximum atomic E-state index is 11.6. The van der Waals surface area contributed by atoms with Crippen molar-refractivity contribution in [2.24, 2.45) is 0 Å². The molecule has 1 aliphatic heterocycles. The van der Waals surface area contributed by atoms with Crippen LogP contribution < -0.4 is 0 Å². The summed E-state index contributed by atoms with van der Waals surface area (Å²) in [5.74, 6) is 0.292. The lowest BCUT2D eigenvalue weighted by molar-refractivity contribution is -0.122. The first-order valence-electron chi connectivity index (χ1n) is 6.68. The van der Waals surface area contributed by atoms with Crippen molar-refractivity contribution in [3.63, 3.8) is 0 Å². The van der Waals surface area contributed by atoms with Crippen LogP contribution in [0.4, 0.5) is 0 Å². The topological polar surface area (TPSA) is 26.3 Å². The van der Waals surface area contributed by atoms with Crippen LogP contribution in [-0.4, -0.2) is 11.9 Å². The Hall–Kier alpha value is -1.41. The first-order valence-corrected chi connectivity index (χ1v) is 6.68. The molecule has 18 heavy (non-hydrogen) atoms. The van der Waals surface area contributed by atoms with E-state index in [1.807, 2.05) is 31.2 Å². The summed E-state index contributed by atoms with van der Waals surface area (Å²) in [7, 11) is 0. The lowest BCUT2D eigenvalue weighted by Crippen LogP contribution is -2.21. The molecule has 96 valence electrons. The fourth-order valence-electron chi connectivity index (χ4n) is 2.27. The van der Waals surface area contributed by atoms with E-state index < -0.39 is 0 Å². The quantitative estimate of drug-likeness (QED) is 0.736. The van der Waals surface area contributed by atoms with Crippen LogP contribution in [-0.2, 0) is 9.53 Å². The molecule has 1 aliphatic rings. The van der Waals surface area contributed by atoms with Crippen LogP contribution in [0.3, 0.4) is 0 Å². The molecule has 1 aromatic carbocycles. The summed E-state index contributed by atoms with van der Waals surface area (Å²) in [5, 5.41) is 0. The van der Waals surface area contributed by atoms with Gasteiger partial charge in [-0.1, -0.05) is 49.4 Å². The van der Waals surface area contributed by atoms with Gasteiger partial charge in [0.15, 0.2) is 0 Å². The van der Waals surface area contributed by atoms with E-state index >= 15 is 0 Å². The molecule has 1 heterocycles. The zero-order chi connectivity index (χ0) is 12.8. The van der Waals surface area contributed by atoms with Crippen LogP contribution in [0.5, 0.6) is 0 Å². The van der Waals surface area contributed by atoms with Crippen molar-refractivity contribution in [3.05, 3.63) is 48.0 Å². The van der Waals surface area contributed by atoms with Crippen LogP contribution in [0.1, 0.15) is 44.3 Å². The van der Waals surface area contributed by atoms with E-state index in [-0.39, 0.29) is 12.2 Å². The number of carbonyl (C=O) groups is 1. The molecule has 0 aliphatic carbocycles. The molecule has 2 atom stereocenters. The van der Waals surface area contributed by atoms with E-state index in [9.17, 15) is 4.79 Å². The van der Waals surface area contributed by atoms with E-state index in [0.29, 0.717) is 18.6 Å². The van der Waals surface area contributed by atoms with Crippen molar-refractivity contribution in [1.29, 1.82) is 0 Å². The Balaban J connectivity index is 1.95. The smallest absolute Gasteiger partial charge is 0.135 e. The number of ether oxygens (including phenoxy) is 1. The van der Waals surface area contributed by atoms with Crippen molar-refractivity contribution < 1.29 is 9.53 Å². The molecule has 0 N–H and O–H groups in total. The minimum atomic E-state index is -0.0528. The van der Waals surface area contributed by atoms with Gasteiger partial charge in [-0.05, 0) is 18.4 Å². The van der Waals surface area contributed by atoms with Gasteiger partial charge in [0.05, 0.1) is 12.2 Å². The lowest BCUT2D eigenvalue weighted by Gasteiger charge is -2.26. The van der Waals surface area contributed by atoms with Gasteiger partial charge >= 0.3 is 0 Å². The molecule has 0 amide bonds. The monoisotopic (exact) mass is 244 g/mol. The Labute approximate surface area is 109 Å². The second-order valence-corrected chi connectivity index (χ2v) is 4.73. The summed E-state index contributed by atoms with van der Waals surface area (Å²) in [6, 6.07) is 10.2. The van der Waals surface area contributed by atoms with E-state index in [4.69, 9.17) is 4.74 Å². The Morgan fingerprint density at radius 2 is 2.11 bits per heavy atom. The molecule has 2 nitrogen and oxygen atoms in total. The molecule has 0 saturated carbocycles. The van der Waals surface area contributed by atoms with Crippen molar-refractivity contribution in [2.45, 2.75) is 44.8 Å². The fourth-order valence-corrected chi connectivity index (χ4v) is 2.27. The van der Waals surface area contributed by atoms with E-state index in [1.165, 1.54) is 5.56 Å². The summed E-state index contributed by atoms with van der Waals surface area (Å²) < 4.78 is 5.98. The van der Waals surface area contributed by atoms with Gasteiger partial charge in [-0.3, -0.25) is 4.79 Å². The highest BCUT2D eigenvalue weighted by Gasteiger charge is 2.21. The van der Waals surface area contributed by atoms with Crippen LogP contribution in [0.2, 0.25) is 0 Å². The summed E-state index contributed by atoms with van der Waals surface area (Å²) in [6.07, 6.45) is 7.16. The van der Waals surface area contributed by atoms with Gasteiger partial charge in [-0.2, -0.15) is 0 Å². The molecule has 0 radical (unpaired) electrons. The first-order chi connectivity index (χ1) is 8.79. The number of rotatable bonds is 5. The van der Waals surface area contributed by atoms with Gasteiger partial charge in [0.25, 0.3) is 0 Å². The molecule has 0 saturated heterocycles. The second kappa shape index (κ2) is 6.50. The van der Waals surface area contributed by atoms with Crippen LogP contribution >= 0.6 is 0 Å². The third kappa shape index (κ3) is 3.54. The summed E-state index contributed by atoms with van der Waals surface area (Å²) >= 11 is 0. The standard InChI is InChI=1S/C16H20O2/c1-2-7-14(17)12-15-10-6-11-16(18-15)13-8-4-3-5-9-13/h3-6,8-10,15-16H,2,7,11-12H2,1H3/t15-,16+/m0/s1. The zero-order valence-electron chi connectivity index (χ0n) is 10.8. The summed E-state index contributed by atoms with van der Waals surface area (Å²) in [4.78, 5) is 11.6. The highest BCUT2D eigenvalue weighted by atomic mass is 16.5. The van der Waals surface area contributed by atoms with E-state index in [2.05, 4.69) is 18.2 Å². The number of carbonyl (C=O) groups excluding carboxylic acids is 1. The van der Waals surface area contributed by atoms with Crippen LogP contribution in [0.15, 0.2) is 42.5 Å². The van der Waals surface area contributed by atoms with Gasteiger partial charge in [0.2, 0.25) is 0 Å². The summed E-state index contributed by atoms with van der Waals surface area (Å²) in [6.45, 7) is 2.03. The number of hydrogen-bond acceptors (Lipinski definition) is 2. The second-order valence-electron chi connectivity index (χ2n) is 4.73. The van der Waals surface area contributed by atoms with Crippen molar-refractivity contribution in [1.82, 2.24) is 0 Å². The first kappa shape index (κ1) is 13.0. The van der Waals surface area contributed by atoms with Gasteiger partial charge < -0.3 is 4.74 Å². The van der Waals surface area contributed by atoms with Crippen LogP contribution in [0.25, 0.3) is 0 Å². The van der Waals surface area contributed by atoms with Gasteiger partial charge in [0.1, 0.15) is 5.78 Å². The predicted molar refractivity (Wildman–Crippen MR) is 72.3 cm³/mol. The lowest BCUT2D eigenvalue weighted by atomic mass is 10.0. The van der Waals surface area contributed by atoms with Gasteiger partial charge in [-0.15, -0.1) is 0 Å². The molecule has 0 spiro atoms. The number of ketones is 1. The van der Waals surface area contributed by atoms with E-state index in [1.54, 1.807) is 0 Å². The largest absolute Gasteiger partial charge is 0.365 e. The third-order valence-corrected chi connectivity index (χ3v) is 3.17. The Kier molecular flexibility index (Phi) is 4.71. The predicted octanol–water partition coefficient (Wildman–Crippen LogP) is 3.83. The average molecular weight is 244 g/mol. The van der Waals surface area contributed by atoms with Gasteiger partial charge in [0, 0.05) is 12.8 Å². The molecule has 0 bridgehead atoms. The molecule has 1 aromatic rings. The normalized spacial score (nSPS) is 22.9. The third-order valence-electron chi connectivity index (χ3n) is 3.17. The molecule has 2 rings (SSSR count). The van der Waals surface area contributed by atoms with Gasteiger partial charge in [-0.25, -0.2) is 0 Å². The molecular weight excluding hydrogens is 224 g/mol. The minimum Gasteiger partial charge on any atom is -0.365 e. The zero-order valence-corrected chi connectivity index (χ0v) is 10.8. The SMILES string of the molecule is CCCC(=O)C[C@@H]1C=CC[C@H](c2ccccc2)O1. The molecule has 2 heteroatoms. The van der Waals surface area contributed by atoms with Crippen molar-refractivity contribution in [2.75, 3.05) is 0 Å². The number of hydrogen-bond donors (Lipinski definition) is 0. The summed E-state index contributed by atoms with van der Waals surface area (Å²) in [5.41, 5.74) is 1.19. The molecule has 0 fully saturated rings. The van der Waals surface area contributed by atoms with Crippen LogP contribution in [0, 0.1) is 0 Å². The Bertz CT molecular complexity index is 408. The Morgan fingerprint density at radius 3 is 2.83 bits per heavy atom. The minimum absolute atomic E-state index is 0.0528. The van der Waals surface area contributed by atoms with Crippen molar-refractivity contribution >= 4 is 5.78 Å².